The van der Waals surface area contributed by atoms with Gasteiger partial charge in [0, 0.05) is 13.1 Å². The highest BCUT2D eigenvalue weighted by Crippen LogP contribution is 2.22. The van der Waals surface area contributed by atoms with Crippen LogP contribution in [0.1, 0.15) is 5.56 Å². The molecule has 3 rings (SSSR count). The molecule has 0 atom stereocenters. The molecule has 0 aromatic heterocycles. The van der Waals surface area contributed by atoms with Gasteiger partial charge in [0.05, 0.1) is 22.0 Å². The zero-order valence-electron chi connectivity index (χ0n) is 14.5. The summed E-state index contributed by atoms with van der Waals surface area (Å²) in [6.45, 7) is 1.98. The fraction of sp³-hybridized carbons (Fsp3) is 0.235. The Morgan fingerprint density at radius 1 is 1.00 bits per heavy atom. The first-order chi connectivity index (χ1) is 12.7. The molecular formula is C17H19N3O5S2. The van der Waals surface area contributed by atoms with Crippen molar-refractivity contribution in [1.82, 2.24) is 9.62 Å². The number of carbonyl (C=O) groups is 1. The van der Waals surface area contributed by atoms with E-state index in [2.05, 4.69) is 10.0 Å². The molecule has 1 saturated heterocycles. The number of aryl methyl sites for hydroxylation is 1. The number of hydrogen-bond donors (Lipinski definition) is 2. The molecule has 1 aliphatic heterocycles. The molecule has 1 heterocycles. The molecule has 2 N–H and O–H groups in total. The lowest BCUT2D eigenvalue weighted by molar-refractivity contribution is -0.122. The van der Waals surface area contributed by atoms with E-state index in [0.29, 0.717) is 0 Å². The Kier molecular flexibility index (Phi) is 5.22. The summed E-state index contributed by atoms with van der Waals surface area (Å²) in [5.41, 5.74) is 1.05. The molecule has 1 amide bonds. The summed E-state index contributed by atoms with van der Waals surface area (Å²) >= 11 is 0. The maximum absolute atomic E-state index is 12.7. The molecule has 27 heavy (non-hydrogen) atoms. The topological polar surface area (TPSA) is 113 Å². The van der Waals surface area contributed by atoms with Crippen molar-refractivity contribution in [2.24, 2.45) is 0 Å². The SMILES string of the molecule is Cc1ccc(S(=O)(=O)Nc2cccc(S(=O)(=O)N3CCNC(=O)C3)c2)cc1. The highest BCUT2D eigenvalue weighted by molar-refractivity contribution is 7.92. The molecular weight excluding hydrogens is 390 g/mol. The van der Waals surface area contributed by atoms with E-state index in [1.807, 2.05) is 6.92 Å². The van der Waals surface area contributed by atoms with Gasteiger partial charge < -0.3 is 5.32 Å². The van der Waals surface area contributed by atoms with Gasteiger partial charge in [0.15, 0.2) is 0 Å². The van der Waals surface area contributed by atoms with Crippen molar-refractivity contribution in [2.45, 2.75) is 16.7 Å². The van der Waals surface area contributed by atoms with Gasteiger partial charge in [0.25, 0.3) is 10.0 Å². The molecule has 144 valence electrons. The molecule has 8 nitrogen and oxygen atoms in total. The number of rotatable bonds is 5. The number of nitrogens with zero attached hydrogens (tertiary/aromatic N) is 1. The summed E-state index contributed by atoms with van der Waals surface area (Å²) in [6.07, 6.45) is 0. The number of hydrogen-bond acceptors (Lipinski definition) is 5. The smallest absolute Gasteiger partial charge is 0.261 e. The molecule has 0 unspecified atom stereocenters. The van der Waals surface area contributed by atoms with Gasteiger partial charge in [-0.05, 0) is 37.3 Å². The van der Waals surface area contributed by atoms with Crippen LogP contribution < -0.4 is 10.0 Å². The van der Waals surface area contributed by atoms with Crippen LogP contribution in [0.25, 0.3) is 0 Å². The molecule has 0 spiro atoms. The van der Waals surface area contributed by atoms with E-state index >= 15 is 0 Å². The fourth-order valence-corrected chi connectivity index (χ4v) is 5.11. The van der Waals surface area contributed by atoms with Crippen LogP contribution >= 0.6 is 0 Å². The minimum Gasteiger partial charge on any atom is -0.354 e. The third kappa shape index (κ3) is 4.29. The minimum absolute atomic E-state index is 0.0778. The third-order valence-corrected chi connectivity index (χ3v) is 7.30. The molecule has 0 aliphatic carbocycles. The lowest BCUT2D eigenvalue weighted by Crippen LogP contribution is -2.49. The molecule has 1 fully saturated rings. The Hall–Kier alpha value is -2.43. The quantitative estimate of drug-likeness (QED) is 0.762. The van der Waals surface area contributed by atoms with Crippen LogP contribution in [0.5, 0.6) is 0 Å². The first-order valence-corrected chi connectivity index (χ1v) is 11.1. The van der Waals surface area contributed by atoms with E-state index < -0.39 is 20.0 Å². The van der Waals surface area contributed by atoms with Crippen LogP contribution in [0.3, 0.4) is 0 Å². The van der Waals surface area contributed by atoms with Gasteiger partial charge in [-0.3, -0.25) is 9.52 Å². The summed E-state index contributed by atoms with van der Waals surface area (Å²) in [5, 5.41) is 2.56. The zero-order valence-corrected chi connectivity index (χ0v) is 16.2. The third-order valence-electron chi connectivity index (χ3n) is 4.06. The molecule has 2 aromatic carbocycles. The van der Waals surface area contributed by atoms with Crippen LogP contribution in [-0.4, -0.2) is 46.7 Å². The van der Waals surface area contributed by atoms with Gasteiger partial charge in [-0.15, -0.1) is 0 Å². The van der Waals surface area contributed by atoms with E-state index in [1.54, 1.807) is 12.1 Å². The molecule has 0 radical (unpaired) electrons. The molecule has 0 saturated carbocycles. The normalized spacial score (nSPS) is 16.0. The molecule has 10 heteroatoms. The molecule has 2 aromatic rings. The average Bonchev–Trinajstić information content (AvgIpc) is 2.62. The number of piperazine rings is 1. The van der Waals surface area contributed by atoms with Crippen molar-refractivity contribution in [3.63, 3.8) is 0 Å². The maximum atomic E-state index is 12.7. The standard InChI is InChI=1S/C17H19N3O5S2/c1-13-5-7-15(8-6-13)26(22,23)19-14-3-2-4-16(11-14)27(24,25)20-10-9-18-17(21)12-20/h2-8,11,19H,9-10,12H2,1H3,(H,18,21). The summed E-state index contributed by atoms with van der Waals surface area (Å²) in [7, 11) is -7.75. The Morgan fingerprint density at radius 3 is 2.37 bits per heavy atom. The highest BCUT2D eigenvalue weighted by Gasteiger charge is 2.29. The zero-order chi connectivity index (χ0) is 19.7. The van der Waals surface area contributed by atoms with E-state index in [0.717, 1.165) is 9.87 Å². The monoisotopic (exact) mass is 409 g/mol. The number of carbonyl (C=O) groups excluding carboxylic acids is 1. The molecule has 1 aliphatic rings. The summed E-state index contributed by atoms with van der Waals surface area (Å²) in [4.78, 5) is 11.5. The van der Waals surface area contributed by atoms with Crippen LogP contribution in [-0.2, 0) is 24.8 Å². The van der Waals surface area contributed by atoms with Crippen molar-refractivity contribution < 1.29 is 21.6 Å². The predicted octanol–water partition coefficient (Wildman–Crippen LogP) is 0.916. The number of anilines is 1. The van der Waals surface area contributed by atoms with Crippen molar-refractivity contribution in [2.75, 3.05) is 24.4 Å². The van der Waals surface area contributed by atoms with Crippen molar-refractivity contribution in [3.05, 3.63) is 54.1 Å². The van der Waals surface area contributed by atoms with Crippen LogP contribution in [0.4, 0.5) is 5.69 Å². The average molecular weight is 409 g/mol. The van der Waals surface area contributed by atoms with Gasteiger partial charge in [-0.25, -0.2) is 16.8 Å². The number of amides is 1. The first-order valence-electron chi connectivity index (χ1n) is 8.15. The van der Waals surface area contributed by atoms with E-state index in [4.69, 9.17) is 0 Å². The summed E-state index contributed by atoms with van der Waals surface area (Å²) in [5.74, 6) is -0.374. The number of benzene rings is 2. The minimum atomic E-state index is -3.91. The second kappa shape index (κ2) is 7.29. The summed E-state index contributed by atoms with van der Waals surface area (Å²) in [6, 6.07) is 11.8. The Bertz CT molecular complexity index is 1060. The van der Waals surface area contributed by atoms with Gasteiger partial charge in [-0.2, -0.15) is 4.31 Å². The van der Waals surface area contributed by atoms with Crippen LogP contribution in [0, 0.1) is 6.92 Å². The maximum Gasteiger partial charge on any atom is 0.261 e. The summed E-state index contributed by atoms with van der Waals surface area (Å²) < 4.78 is 53.9. The second-order valence-electron chi connectivity index (χ2n) is 6.13. The Labute approximate surface area is 158 Å². The Balaban J connectivity index is 1.87. The van der Waals surface area contributed by atoms with Crippen molar-refractivity contribution in [1.29, 1.82) is 0 Å². The van der Waals surface area contributed by atoms with Gasteiger partial charge in [0.1, 0.15) is 0 Å². The van der Waals surface area contributed by atoms with Crippen LogP contribution in [0.15, 0.2) is 58.3 Å². The van der Waals surface area contributed by atoms with Crippen molar-refractivity contribution in [3.8, 4) is 0 Å². The van der Waals surface area contributed by atoms with Gasteiger partial charge >= 0.3 is 0 Å². The lowest BCUT2D eigenvalue weighted by atomic mass is 10.2. The van der Waals surface area contributed by atoms with Crippen LogP contribution in [0.2, 0.25) is 0 Å². The van der Waals surface area contributed by atoms with E-state index in [1.165, 1.54) is 36.4 Å². The van der Waals surface area contributed by atoms with Gasteiger partial charge in [0.2, 0.25) is 15.9 Å². The largest absolute Gasteiger partial charge is 0.354 e. The van der Waals surface area contributed by atoms with E-state index in [9.17, 15) is 21.6 Å². The van der Waals surface area contributed by atoms with E-state index in [-0.39, 0.29) is 41.0 Å². The highest BCUT2D eigenvalue weighted by atomic mass is 32.2. The number of sulfonamides is 2. The molecule has 0 bridgehead atoms. The number of nitrogens with one attached hydrogen (secondary N) is 2. The first kappa shape index (κ1) is 19.3. The van der Waals surface area contributed by atoms with Gasteiger partial charge in [-0.1, -0.05) is 23.8 Å². The predicted molar refractivity (Wildman–Crippen MR) is 100 cm³/mol. The Morgan fingerprint density at radius 2 is 1.70 bits per heavy atom. The fourth-order valence-electron chi connectivity index (χ4n) is 2.62. The van der Waals surface area contributed by atoms with Crippen molar-refractivity contribution >= 4 is 31.6 Å². The lowest BCUT2D eigenvalue weighted by Gasteiger charge is -2.26. The second-order valence-corrected chi connectivity index (χ2v) is 9.76.